The Balaban J connectivity index is 1.26. The van der Waals surface area contributed by atoms with Gasteiger partial charge in [0.1, 0.15) is 0 Å². The van der Waals surface area contributed by atoms with Gasteiger partial charge in [-0.1, -0.05) is 31.4 Å². The second-order valence-corrected chi connectivity index (χ2v) is 9.65. The molecule has 3 aliphatic rings. The van der Waals surface area contributed by atoms with Gasteiger partial charge in [0.25, 0.3) is 0 Å². The number of rotatable bonds is 4. The molecule has 6 nitrogen and oxygen atoms in total. The molecule has 0 radical (unpaired) electrons. The van der Waals surface area contributed by atoms with Crippen LogP contribution in [0.25, 0.3) is 0 Å². The van der Waals surface area contributed by atoms with Gasteiger partial charge in [-0.3, -0.25) is 14.4 Å². The first-order valence-corrected chi connectivity index (χ1v) is 12.0. The van der Waals surface area contributed by atoms with Crippen molar-refractivity contribution in [2.75, 3.05) is 24.5 Å². The lowest BCUT2D eigenvalue weighted by atomic mass is 9.87. The molecule has 2 aliphatic heterocycles. The van der Waals surface area contributed by atoms with E-state index in [1.807, 2.05) is 29.2 Å². The third-order valence-electron chi connectivity index (χ3n) is 6.75. The molecule has 1 N–H and O–H groups in total. The molecule has 162 valence electrons. The fraction of sp³-hybridized carbons (Fsp3) is 0.609. The van der Waals surface area contributed by atoms with Gasteiger partial charge >= 0.3 is 0 Å². The lowest BCUT2D eigenvalue weighted by molar-refractivity contribution is -0.137. The van der Waals surface area contributed by atoms with E-state index in [1.165, 1.54) is 19.3 Å². The van der Waals surface area contributed by atoms with E-state index in [0.29, 0.717) is 25.5 Å². The Kier molecular flexibility index (Phi) is 6.76. The lowest BCUT2D eigenvalue weighted by Gasteiger charge is -2.35. The molecule has 0 bridgehead atoms. The van der Waals surface area contributed by atoms with Gasteiger partial charge in [0.15, 0.2) is 0 Å². The van der Waals surface area contributed by atoms with Gasteiger partial charge in [-0.25, -0.2) is 0 Å². The molecule has 1 atom stereocenters. The first kappa shape index (κ1) is 21.3. The van der Waals surface area contributed by atoms with Crippen LogP contribution in [0.2, 0.25) is 0 Å². The van der Waals surface area contributed by atoms with Crippen LogP contribution in [0.3, 0.4) is 0 Å². The SMILES string of the molecule is O=C(NC1CCN(C(=O)C2CCCCC2)CC1)C1CC(=O)N(c2ccccc2Br)C1. The molecule has 1 aromatic rings. The summed E-state index contributed by atoms with van der Waals surface area (Å²) in [6, 6.07) is 7.67. The Bertz CT molecular complexity index is 801. The maximum atomic E-state index is 12.8. The molecule has 3 fully saturated rings. The highest BCUT2D eigenvalue weighted by Gasteiger charge is 2.37. The fourth-order valence-electron chi connectivity index (χ4n) is 4.96. The van der Waals surface area contributed by atoms with Crippen molar-refractivity contribution in [3.63, 3.8) is 0 Å². The molecular formula is C23H30BrN3O3. The minimum absolute atomic E-state index is 0.0186. The first-order valence-electron chi connectivity index (χ1n) is 11.2. The Morgan fingerprint density at radius 2 is 1.67 bits per heavy atom. The molecule has 1 unspecified atom stereocenters. The number of hydrogen-bond acceptors (Lipinski definition) is 3. The molecule has 0 aromatic heterocycles. The van der Waals surface area contributed by atoms with Crippen LogP contribution in [0.15, 0.2) is 28.7 Å². The van der Waals surface area contributed by atoms with Crippen molar-refractivity contribution in [3.05, 3.63) is 28.7 Å². The van der Waals surface area contributed by atoms with E-state index in [4.69, 9.17) is 0 Å². The summed E-state index contributed by atoms with van der Waals surface area (Å²) in [5.74, 6) is 0.124. The lowest BCUT2D eigenvalue weighted by Crippen LogP contribution is -2.49. The van der Waals surface area contributed by atoms with Crippen molar-refractivity contribution in [1.82, 2.24) is 10.2 Å². The van der Waals surface area contributed by atoms with E-state index in [9.17, 15) is 14.4 Å². The number of carbonyl (C=O) groups excluding carboxylic acids is 3. The quantitative estimate of drug-likeness (QED) is 0.724. The van der Waals surface area contributed by atoms with Gasteiger partial charge in [-0.05, 0) is 53.7 Å². The molecule has 2 saturated heterocycles. The average Bonchev–Trinajstić information content (AvgIpc) is 3.16. The molecule has 0 spiro atoms. The monoisotopic (exact) mass is 475 g/mol. The van der Waals surface area contributed by atoms with E-state index in [1.54, 1.807) is 4.90 Å². The third kappa shape index (κ3) is 4.71. The number of anilines is 1. The molecule has 2 heterocycles. The van der Waals surface area contributed by atoms with Crippen molar-refractivity contribution in [2.24, 2.45) is 11.8 Å². The number of nitrogens with zero attached hydrogens (tertiary/aromatic N) is 2. The molecule has 1 aliphatic carbocycles. The largest absolute Gasteiger partial charge is 0.353 e. The summed E-state index contributed by atoms with van der Waals surface area (Å²) in [4.78, 5) is 41.7. The number of hydrogen-bond donors (Lipinski definition) is 1. The second kappa shape index (κ2) is 9.50. The van der Waals surface area contributed by atoms with Gasteiger partial charge in [-0.2, -0.15) is 0 Å². The highest BCUT2D eigenvalue weighted by molar-refractivity contribution is 9.10. The van der Waals surface area contributed by atoms with Crippen molar-refractivity contribution in [1.29, 1.82) is 0 Å². The highest BCUT2D eigenvalue weighted by Crippen LogP contribution is 2.31. The summed E-state index contributed by atoms with van der Waals surface area (Å²) in [6.45, 7) is 1.84. The molecule has 7 heteroatoms. The number of benzene rings is 1. The Morgan fingerprint density at radius 3 is 2.37 bits per heavy atom. The standard InChI is InChI=1S/C23H30BrN3O3/c24-19-8-4-5-9-20(19)27-15-17(14-21(27)28)22(29)25-18-10-12-26(13-11-18)23(30)16-6-2-1-3-7-16/h4-5,8-9,16-18H,1-3,6-7,10-15H2,(H,25,29). The summed E-state index contributed by atoms with van der Waals surface area (Å²) in [5, 5.41) is 3.14. The minimum atomic E-state index is -0.327. The van der Waals surface area contributed by atoms with Crippen LogP contribution < -0.4 is 10.2 Å². The number of halogens is 1. The van der Waals surface area contributed by atoms with Crippen LogP contribution in [0.4, 0.5) is 5.69 Å². The van der Waals surface area contributed by atoms with E-state index in [-0.39, 0.29) is 36.1 Å². The number of amides is 3. The van der Waals surface area contributed by atoms with Crippen LogP contribution in [-0.4, -0.2) is 48.3 Å². The number of para-hydroxylation sites is 1. The van der Waals surface area contributed by atoms with E-state index < -0.39 is 0 Å². The molecule has 1 aromatic carbocycles. The maximum absolute atomic E-state index is 12.8. The molecule has 1 saturated carbocycles. The summed E-state index contributed by atoms with van der Waals surface area (Å²) < 4.78 is 0.856. The van der Waals surface area contributed by atoms with E-state index >= 15 is 0 Å². The number of nitrogens with one attached hydrogen (secondary N) is 1. The number of likely N-dealkylation sites (tertiary alicyclic amines) is 1. The third-order valence-corrected chi connectivity index (χ3v) is 7.42. The van der Waals surface area contributed by atoms with Crippen LogP contribution in [0, 0.1) is 11.8 Å². The molecule has 4 rings (SSSR count). The topological polar surface area (TPSA) is 69.7 Å². The van der Waals surface area contributed by atoms with Gasteiger partial charge in [0.2, 0.25) is 17.7 Å². The predicted octanol–water partition coefficient (Wildman–Crippen LogP) is 3.49. The zero-order valence-electron chi connectivity index (χ0n) is 17.3. The predicted molar refractivity (Wildman–Crippen MR) is 119 cm³/mol. The van der Waals surface area contributed by atoms with Crippen LogP contribution in [0.1, 0.15) is 51.4 Å². The summed E-state index contributed by atoms with van der Waals surface area (Å²) in [5.41, 5.74) is 0.812. The smallest absolute Gasteiger partial charge is 0.227 e. The maximum Gasteiger partial charge on any atom is 0.227 e. The zero-order chi connectivity index (χ0) is 21.1. The second-order valence-electron chi connectivity index (χ2n) is 8.80. The molecular weight excluding hydrogens is 446 g/mol. The molecule has 3 amide bonds. The fourth-order valence-corrected chi connectivity index (χ4v) is 5.46. The first-order chi connectivity index (χ1) is 14.5. The number of piperidine rings is 1. The highest BCUT2D eigenvalue weighted by atomic mass is 79.9. The summed E-state index contributed by atoms with van der Waals surface area (Å²) in [6.07, 6.45) is 7.46. The zero-order valence-corrected chi connectivity index (χ0v) is 18.9. The van der Waals surface area contributed by atoms with Gasteiger partial charge < -0.3 is 15.1 Å². The van der Waals surface area contributed by atoms with Gasteiger partial charge in [-0.15, -0.1) is 0 Å². The van der Waals surface area contributed by atoms with Gasteiger partial charge in [0, 0.05) is 42.5 Å². The van der Waals surface area contributed by atoms with Crippen molar-refractivity contribution >= 4 is 39.3 Å². The Morgan fingerprint density at radius 1 is 0.967 bits per heavy atom. The summed E-state index contributed by atoms with van der Waals surface area (Å²) >= 11 is 3.49. The number of carbonyl (C=O) groups is 3. The van der Waals surface area contributed by atoms with Crippen molar-refractivity contribution < 1.29 is 14.4 Å². The molecule has 30 heavy (non-hydrogen) atoms. The van der Waals surface area contributed by atoms with E-state index in [2.05, 4.69) is 21.2 Å². The minimum Gasteiger partial charge on any atom is -0.353 e. The van der Waals surface area contributed by atoms with Crippen molar-refractivity contribution in [2.45, 2.75) is 57.4 Å². The summed E-state index contributed by atoms with van der Waals surface area (Å²) in [7, 11) is 0. The van der Waals surface area contributed by atoms with Crippen LogP contribution in [0.5, 0.6) is 0 Å². The van der Waals surface area contributed by atoms with Gasteiger partial charge in [0.05, 0.1) is 11.6 Å². The average molecular weight is 476 g/mol. The normalized spacial score (nSPS) is 23.6. The van der Waals surface area contributed by atoms with Crippen LogP contribution in [-0.2, 0) is 14.4 Å². The van der Waals surface area contributed by atoms with Crippen molar-refractivity contribution in [3.8, 4) is 0 Å². The van der Waals surface area contributed by atoms with E-state index in [0.717, 1.165) is 35.8 Å². The Labute approximate surface area is 186 Å². The Hall–Kier alpha value is -1.89. The van der Waals surface area contributed by atoms with Crippen LogP contribution >= 0.6 is 15.9 Å².